The molecule has 0 spiro atoms. The van der Waals surface area contributed by atoms with Crippen molar-refractivity contribution in [2.45, 2.75) is 38.5 Å². The predicted molar refractivity (Wildman–Crippen MR) is 123 cm³/mol. The highest BCUT2D eigenvalue weighted by molar-refractivity contribution is 5.75. The van der Waals surface area contributed by atoms with E-state index in [0.717, 1.165) is 57.0 Å². The highest BCUT2D eigenvalue weighted by Gasteiger charge is 2.26. The topological polar surface area (TPSA) is 86.3 Å². The largest absolute Gasteiger partial charge is 0.376 e. The number of aromatic nitrogens is 4. The standard InChI is InChI=1S/C23H30N6O3/c1-26-20-19(21(30)29(23(26)31)16-18-9-5-14-32-18)28(15-17-7-3-2-4-8-17)22(25-20)27-12-6-10-24-11-13-27/h2-4,7-8,18,24H,5-6,9-16H2,1H3. The zero-order valence-corrected chi connectivity index (χ0v) is 18.5. The molecule has 5 rings (SSSR count). The maximum absolute atomic E-state index is 13.7. The van der Waals surface area contributed by atoms with E-state index in [0.29, 0.717) is 24.3 Å². The molecular formula is C23H30N6O3. The van der Waals surface area contributed by atoms with Gasteiger partial charge in [-0.2, -0.15) is 4.98 Å². The summed E-state index contributed by atoms with van der Waals surface area (Å²) in [5.41, 5.74) is 1.36. The summed E-state index contributed by atoms with van der Waals surface area (Å²) in [6.07, 6.45) is 2.72. The van der Waals surface area contributed by atoms with Crippen LogP contribution in [0.5, 0.6) is 0 Å². The summed E-state index contributed by atoms with van der Waals surface area (Å²) in [6, 6.07) is 10.1. The first kappa shape index (κ1) is 21.0. The molecule has 2 fully saturated rings. The van der Waals surface area contributed by atoms with Crippen molar-refractivity contribution in [3.8, 4) is 0 Å². The van der Waals surface area contributed by atoms with Crippen LogP contribution < -0.4 is 21.5 Å². The number of hydrogen-bond donors (Lipinski definition) is 1. The van der Waals surface area contributed by atoms with Gasteiger partial charge in [0.1, 0.15) is 0 Å². The van der Waals surface area contributed by atoms with Gasteiger partial charge in [-0.15, -0.1) is 0 Å². The van der Waals surface area contributed by atoms with E-state index in [-0.39, 0.29) is 23.9 Å². The van der Waals surface area contributed by atoms with Gasteiger partial charge in [0.05, 0.1) is 19.2 Å². The van der Waals surface area contributed by atoms with Crippen LogP contribution in [0.4, 0.5) is 5.95 Å². The third kappa shape index (κ3) is 3.86. The lowest BCUT2D eigenvalue weighted by Crippen LogP contribution is -2.42. The van der Waals surface area contributed by atoms with Gasteiger partial charge in [0, 0.05) is 33.3 Å². The van der Waals surface area contributed by atoms with E-state index < -0.39 is 0 Å². The molecule has 0 amide bonds. The number of imidazole rings is 1. The Balaban J connectivity index is 1.69. The number of aryl methyl sites for hydroxylation is 1. The van der Waals surface area contributed by atoms with E-state index in [1.165, 1.54) is 9.13 Å². The second-order valence-corrected chi connectivity index (χ2v) is 8.64. The van der Waals surface area contributed by atoms with Gasteiger partial charge in [-0.05, 0) is 31.4 Å². The molecule has 0 aliphatic carbocycles. The van der Waals surface area contributed by atoms with Crippen molar-refractivity contribution < 1.29 is 4.74 Å². The molecule has 0 radical (unpaired) electrons. The van der Waals surface area contributed by atoms with Crippen molar-refractivity contribution >= 4 is 17.1 Å². The molecule has 2 aliphatic heterocycles. The maximum Gasteiger partial charge on any atom is 0.332 e. The number of nitrogens with one attached hydrogen (secondary N) is 1. The molecule has 9 heteroatoms. The van der Waals surface area contributed by atoms with Crippen LogP contribution in [0, 0.1) is 0 Å². The minimum atomic E-state index is -0.341. The zero-order valence-electron chi connectivity index (χ0n) is 18.5. The highest BCUT2D eigenvalue weighted by atomic mass is 16.5. The zero-order chi connectivity index (χ0) is 22.1. The molecule has 2 aliphatic rings. The minimum absolute atomic E-state index is 0.0977. The van der Waals surface area contributed by atoms with Crippen LogP contribution in [0.3, 0.4) is 0 Å². The van der Waals surface area contributed by atoms with Gasteiger partial charge >= 0.3 is 5.69 Å². The Hall–Kier alpha value is -2.91. The Kier molecular flexibility index (Phi) is 5.84. The van der Waals surface area contributed by atoms with Crippen LogP contribution in [0.25, 0.3) is 11.2 Å². The number of ether oxygens (including phenoxy) is 1. The lowest BCUT2D eigenvalue weighted by Gasteiger charge is -2.22. The van der Waals surface area contributed by atoms with E-state index in [9.17, 15) is 9.59 Å². The van der Waals surface area contributed by atoms with Crippen LogP contribution in [-0.2, 0) is 24.9 Å². The molecule has 9 nitrogen and oxygen atoms in total. The minimum Gasteiger partial charge on any atom is -0.376 e. The summed E-state index contributed by atoms with van der Waals surface area (Å²) in [7, 11) is 1.70. The molecule has 3 aromatic rings. The first-order valence-electron chi connectivity index (χ1n) is 11.4. The fourth-order valence-corrected chi connectivity index (χ4v) is 4.72. The maximum atomic E-state index is 13.7. The smallest absolute Gasteiger partial charge is 0.332 e. The third-order valence-electron chi connectivity index (χ3n) is 6.43. The van der Waals surface area contributed by atoms with Gasteiger partial charge in [0.25, 0.3) is 5.56 Å². The Morgan fingerprint density at radius 1 is 1.09 bits per heavy atom. The van der Waals surface area contributed by atoms with Gasteiger partial charge in [-0.25, -0.2) is 4.79 Å². The van der Waals surface area contributed by atoms with Crippen LogP contribution in [0.1, 0.15) is 24.8 Å². The van der Waals surface area contributed by atoms with Crippen molar-refractivity contribution in [3.05, 3.63) is 56.7 Å². The number of nitrogens with zero attached hydrogens (tertiary/aromatic N) is 5. The highest BCUT2D eigenvalue weighted by Crippen LogP contribution is 2.22. The SMILES string of the molecule is Cn1c(=O)n(CC2CCCO2)c(=O)c2c1nc(N1CCCNCC1)n2Cc1ccccc1. The Bertz CT molecular complexity index is 1200. The summed E-state index contributed by atoms with van der Waals surface area (Å²) >= 11 is 0. The molecule has 0 saturated carbocycles. The average Bonchev–Trinajstić information content (AvgIpc) is 3.36. The van der Waals surface area contributed by atoms with Gasteiger partial charge in [0.2, 0.25) is 5.95 Å². The molecule has 1 unspecified atom stereocenters. The Labute approximate surface area is 186 Å². The van der Waals surface area contributed by atoms with Crippen molar-refractivity contribution in [1.82, 2.24) is 24.0 Å². The Morgan fingerprint density at radius 2 is 1.94 bits per heavy atom. The first-order chi connectivity index (χ1) is 15.6. The fraction of sp³-hybridized carbons (Fsp3) is 0.522. The summed E-state index contributed by atoms with van der Waals surface area (Å²) in [5, 5.41) is 3.42. The summed E-state index contributed by atoms with van der Waals surface area (Å²) in [4.78, 5) is 33.8. The number of rotatable bonds is 5. The van der Waals surface area contributed by atoms with Crippen molar-refractivity contribution in [2.24, 2.45) is 7.05 Å². The second-order valence-electron chi connectivity index (χ2n) is 8.64. The van der Waals surface area contributed by atoms with Gasteiger partial charge in [-0.1, -0.05) is 30.3 Å². The lowest BCUT2D eigenvalue weighted by molar-refractivity contribution is 0.0949. The molecule has 2 aromatic heterocycles. The third-order valence-corrected chi connectivity index (χ3v) is 6.43. The monoisotopic (exact) mass is 438 g/mol. The number of benzene rings is 1. The van der Waals surface area contributed by atoms with E-state index in [1.807, 2.05) is 34.9 Å². The summed E-state index contributed by atoms with van der Waals surface area (Å²) < 4.78 is 10.5. The first-order valence-corrected chi connectivity index (χ1v) is 11.4. The molecule has 32 heavy (non-hydrogen) atoms. The van der Waals surface area contributed by atoms with Crippen LogP contribution in [0.2, 0.25) is 0 Å². The van der Waals surface area contributed by atoms with Crippen LogP contribution in [0.15, 0.2) is 39.9 Å². The van der Waals surface area contributed by atoms with E-state index in [1.54, 1.807) is 7.05 Å². The summed E-state index contributed by atoms with van der Waals surface area (Å²) in [5.74, 6) is 0.745. The van der Waals surface area contributed by atoms with Crippen molar-refractivity contribution in [2.75, 3.05) is 37.7 Å². The fourth-order valence-electron chi connectivity index (χ4n) is 4.72. The van der Waals surface area contributed by atoms with E-state index >= 15 is 0 Å². The van der Waals surface area contributed by atoms with Crippen molar-refractivity contribution in [1.29, 1.82) is 0 Å². The molecule has 1 aromatic carbocycles. The summed E-state index contributed by atoms with van der Waals surface area (Å²) in [6.45, 7) is 4.95. The number of fused-ring (bicyclic) bond motifs is 1. The molecule has 1 N–H and O–H groups in total. The normalized spacial score (nSPS) is 19.5. The van der Waals surface area contributed by atoms with Gasteiger partial charge in [-0.3, -0.25) is 18.5 Å². The quantitative estimate of drug-likeness (QED) is 0.638. The predicted octanol–water partition coefficient (Wildman–Crippen LogP) is 0.924. The molecule has 4 heterocycles. The molecule has 0 bridgehead atoms. The molecule has 170 valence electrons. The van der Waals surface area contributed by atoms with E-state index in [2.05, 4.69) is 10.2 Å². The molecular weight excluding hydrogens is 408 g/mol. The average molecular weight is 439 g/mol. The van der Waals surface area contributed by atoms with E-state index in [4.69, 9.17) is 9.72 Å². The van der Waals surface area contributed by atoms with Gasteiger partial charge < -0.3 is 15.0 Å². The molecule has 1 atom stereocenters. The van der Waals surface area contributed by atoms with Crippen LogP contribution in [-0.4, -0.2) is 57.6 Å². The van der Waals surface area contributed by atoms with Crippen LogP contribution >= 0.6 is 0 Å². The molecule has 2 saturated heterocycles. The Morgan fingerprint density at radius 3 is 2.72 bits per heavy atom. The van der Waals surface area contributed by atoms with Crippen molar-refractivity contribution in [3.63, 3.8) is 0 Å². The lowest BCUT2D eigenvalue weighted by atomic mass is 10.2. The number of anilines is 1. The van der Waals surface area contributed by atoms with Gasteiger partial charge in [0.15, 0.2) is 11.2 Å². The second kappa shape index (κ2) is 8.91. The number of hydrogen-bond acceptors (Lipinski definition) is 6.